The first-order valence-corrected chi connectivity index (χ1v) is 12.8. The fraction of sp³-hybridized carbons (Fsp3) is 0.161. The Morgan fingerprint density at radius 1 is 1.10 bits per heavy atom. The monoisotopic (exact) mass is 533 g/mol. The maximum absolute atomic E-state index is 13.9. The van der Waals surface area contributed by atoms with Crippen molar-refractivity contribution < 1.29 is 13.9 Å². The number of benzene rings is 3. The summed E-state index contributed by atoms with van der Waals surface area (Å²) in [6.45, 7) is 4.35. The SMILES string of the molecule is CCOc1ccc(-n2c(C(C)N(Cc3ccco3)C(=O)Nc3cccc(C#N)c3)nc3ccccc3c2=O)cc1. The second-order valence-corrected chi connectivity index (χ2v) is 9.06. The average molecular weight is 534 g/mol. The first kappa shape index (κ1) is 26.3. The molecule has 5 aromatic rings. The van der Waals surface area contributed by atoms with Crippen molar-refractivity contribution in [1.29, 1.82) is 5.26 Å². The third kappa shape index (κ3) is 5.42. The number of ether oxygens (including phenoxy) is 1. The van der Waals surface area contributed by atoms with E-state index < -0.39 is 12.1 Å². The van der Waals surface area contributed by atoms with Crippen LogP contribution >= 0.6 is 0 Å². The highest BCUT2D eigenvalue weighted by Crippen LogP contribution is 2.26. The molecule has 0 saturated heterocycles. The lowest BCUT2D eigenvalue weighted by atomic mass is 10.1. The van der Waals surface area contributed by atoms with Gasteiger partial charge in [-0.3, -0.25) is 9.36 Å². The fourth-order valence-corrected chi connectivity index (χ4v) is 4.49. The number of amides is 2. The predicted molar refractivity (Wildman–Crippen MR) is 151 cm³/mol. The van der Waals surface area contributed by atoms with Crippen molar-refractivity contribution in [2.75, 3.05) is 11.9 Å². The van der Waals surface area contributed by atoms with Crippen LogP contribution in [0.4, 0.5) is 10.5 Å². The minimum Gasteiger partial charge on any atom is -0.494 e. The lowest BCUT2D eigenvalue weighted by Gasteiger charge is -2.30. The number of hydrogen-bond acceptors (Lipinski definition) is 6. The van der Waals surface area contributed by atoms with Crippen LogP contribution in [0.3, 0.4) is 0 Å². The van der Waals surface area contributed by atoms with E-state index in [1.807, 2.05) is 19.9 Å². The lowest BCUT2D eigenvalue weighted by molar-refractivity contribution is 0.179. The molecule has 0 fully saturated rings. The van der Waals surface area contributed by atoms with Crippen LogP contribution in [-0.2, 0) is 6.54 Å². The van der Waals surface area contributed by atoms with Crippen LogP contribution < -0.4 is 15.6 Å². The predicted octanol–water partition coefficient (Wildman–Crippen LogP) is 6.04. The molecule has 0 aliphatic heterocycles. The van der Waals surface area contributed by atoms with Crippen molar-refractivity contribution >= 4 is 22.6 Å². The zero-order valence-corrected chi connectivity index (χ0v) is 22.1. The van der Waals surface area contributed by atoms with Crippen LogP contribution in [0.1, 0.15) is 37.0 Å². The summed E-state index contributed by atoms with van der Waals surface area (Å²) in [5.74, 6) is 1.62. The zero-order valence-electron chi connectivity index (χ0n) is 22.1. The van der Waals surface area contributed by atoms with Crippen molar-refractivity contribution in [3.05, 3.63) is 119 Å². The number of aromatic nitrogens is 2. The Balaban J connectivity index is 1.61. The third-order valence-electron chi connectivity index (χ3n) is 6.46. The van der Waals surface area contributed by atoms with Gasteiger partial charge in [0.1, 0.15) is 17.3 Å². The van der Waals surface area contributed by atoms with E-state index in [1.165, 1.54) is 10.8 Å². The van der Waals surface area contributed by atoms with Gasteiger partial charge in [-0.05, 0) is 80.6 Å². The molecule has 5 rings (SSSR count). The van der Waals surface area contributed by atoms with Gasteiger partial charge in [0.25, 0.3) is 5.56 Å². The number of nitrogens with one attached hydrogen (secondary N) is 1. The molecule has 2 aromatic heterocycles. The summed E-state index contributed by atoms with van der Waals surface area (Å²) >= 11 is 0. The molecule has 0 saturated carbocycles. The van der Waals surface area contributed by atoms with Gasteiger partial charge in [0.2, 0.25) is 0 Å². The molecule has 1 atom stereocenters. The standard InChI is InChI=1S/C31H27N5O4/c1-3-39-25-15-13-24(14-16-25)36-29(34-28-12-5-4-11-27(28)30(36)37)21(2)35(20-26-10-7-17-40-26)31(38)33-23-9-6-8-22(18-23)19-32/h4-18,21H,3,20H2,1-2H3,(H,33,38). The van der Waals surface area contributed by atoms with Gasteiger partial charge < -0.3 is 19.4 Å². The third-order valence-corrected chi connectivity index (χ3v) is 6.46. The number of urea groups is 1. The van der Waals surface area contributed by atoms with E-state index >= 15 is 0 Å². The number of carbonyl (C=O) groups is 1. The molecule has 0 spiro atoms. The molecule has 0 aliphatic rings. The Labute approximate surface area is 230 Å². The summed E-state index contributed by atoms with van der Waals surface area (Å²) in [4.78, 5) is 34.0. The molecule has 0 aliphatic carbocycles. The molecule has 0 bridgehead atoms. The van der Waals surface area contributed by atoms with Gasteiger partial charge in [-0.15, -0.1) is 0 Å². The maximum atomic E-state index is 13.9. The smallest absolute Gasteiger partial charge is 0.322 e. The first-order chi connectivity index (χ1) is 19.5. The van der Waals surface area contributed by atoms with Gasteiger partial charge in [0.05, 0.1) is 53.7 Å². The molecule has 9 nitrogen and oxygen atoms in total. The lowest BCUT2D eigenvalue weighted by Crippen LogP contribution is -2.39. The van der Waals surface area contributed by atoms with Crippen LogP contribution in [0, 0.1) is 11.3 Å². The molecule has 1 N–H and O–H groups in total. The molecule has 0 radical (unpaired) electrons. The van der Waals surface area contributed by atoms with E-state index in [4.69, 9.17) is 14.1 Å². The summed E-state index contributed by atoms with van der Waals surface area (Å²) < 4.78 is 12.7. The molecule has 1 unspecified atom stereocenters. The number of nitrogens with zero attached hydrogens (tertiary/aromatic N) is 4. The number of rotatable bonds is 8. The molecule has 200 valence electrons. The number of nitriles is 1. The van der Waals surface area contributed by atoms with E-state index in [1.54, 1.807) is 83.8 Å². The summed E-state index contributed by atoms with van der Waals surface area (Å²) in [5.41, 5.74) is 1.75. The van der Waals surface area contributed by atoms with Gasteiger partial charge in [0, 0.05) is 5.69 Å². The Kier molecular flexibility index (Phi) is 7.60. The van der Waals surface area contributed by atoms with Crippen molar-refractivity contribution in [3.63, 3.8) is 0 Å². The van der Waals surface area contributed by atoms with Crippen molar-refractivity contribution in [3.8, 4) is 17.5 Å². The summed E-state index contributed by atoms with van der Waals surface area (Å²) in [5, 5.41) is 12.6. The second kappa shape index (κ2) is 11.6. The van der Waals surface area contributed by atoms with Crippen LogP contribution in [0.5, 0.6) is 5.75 Å². The number of furan rings is 1. The Bertz CT molecular complexity index is 1740. The molecule has 3 aromatic carbocycles. The molecule has 9 heteroatoms. The first-order valence-electron chi connectivity index (χ1n) is 12.8. The van der Waals surface area contributed by atoms with E-state index in [2.05, 4.69) is 11.4 Å². The molecule has 40 heavy (non-hydrogen) atoms. The minimum atomic E-state index is -0.673. The van der Waals surface area contributed by atoms with Crippen LogP contribution in [-0.4, -0.2) is 27.1 Å². The number of hydrogen-bond donors (Lipinski definition) is 1. The Morgan fingerprint density at radius 2 is 1.90 bits per heavy atom. The molecule has 2 heterocycles. The van der Waals surface area contributed by atoms with Crippen molar-refractivity contribution in [1.82, 2.24) is 14.5 Å². The van der Waals surface area contributed by atoms with Crippen LogP contribution in [0.2, 0.25) is 0 Å². The Morgan fingerprint density at radius 3 is 2.62 bits per heavy atom. The quantitative estimate of drug-likeness (QED) is 0.260. The van der Waals surface area contributed by atoms with E-state index in [0.29, 0.717) is 51.8 Å². The highest BCUT2D eigenvalue weighted by molar-refractivity contribution is 5.89. The summed E-state index contributed by atoms with van der Waals surface area (Å²) in [6.07, 6.45) is 1.54. The maximum Gasteiger partial charge on any atom is 0.322 e. The fourth-order valence-electron chi connectivity index (χ4n) is 4.49. The van der Waals surface area contributed by atoms with E-state index in [-0.39, 0.29) is 12.1 Å². The highest BCUT2D eigenvalue weighted by Gasteiger charge is 2.28. The van der Waals surface area contributed by atoms with Gasteiger partial charge in [0.15, 0.2) is 0 Å². The second-order valence-electron chi connectivity index (χ2n) is 9.06. The topological polar surface area (TPSA) is 113 Å². The summed E-state index contributed by atoms with van der Waals surface area (Å²) in [7, 11) is 0. The van der Waals surface area contributed by atoms with Crippen molar-refractivity contribution in [2.24, 2.45) is 0 Å². The van der Waals surface area contributed by atoms with Gasteiger partial charge in [-0.25, -0.2) is 9.78 Å². The minimum absolute atomic E-state index is 0.115. The number of para-hydroxylation sites is 1. The molecular formula is C31H27N5O4. The zero-order chi connectivity index (χ0) is 28.1. The average Bonchev–Trinajstić information content (AvgIpc) is 3.50. The van der Waals surface area contributed by atoms with Gasteiger partial charge >= 0.3 is 6.03 Å². The number of fused-ring (bicyclic) bond motifs is 1. The number of anilines is 1. The van der Waals surface area contributed by atoms with Gasteiger partial charge in [-0.2, -0.15) is 5.26 Å². The van der Waals surface area contributed by atoms with Crippen molar-refractivity contribution in [2.45, 2.75) is 26.4 Å². The largest absolute Gasteiger partial charge is 0.494 e. The highest BCUT2D eigenvalue weighted by atomic mass is 16.5. The van der Waals surface area contributed by atoms with E-state index in [0.717, 1.165) is 0 Å². The molecular weight excluding hydrogens is 506 g/mol. The molecule has 2 amide bonds. The van der Waals surface area contributed by atoms with E-state index in [9.17, 15) is 14.9 Å². The van der Waals surface area contributed by atoms with Gasteiger partial charge in [-0.1, -0.05) is 18.2 Å². The van der Waals surface area contributed by atoms with Crippen LogP contribution in [0.25, 0.3) is 16.6 Å². The summed E-state index contributed by atoms with van der Waals surface area (Å²) in [6, 6.07) is 25.5. The number of carbonyl (C=O) groups excluding carboxylic acids is 1. The van der Waals surface area contributed by atoms with Crippen LogP contribution in [0.15, 0.2) is 100 Å². The normalized spacial score (nSPS) is 11.5. The Hall–Kier alpha value is -5.36.